The second-order valence-corrected chi connectivity index (χ2v) is 7.37. The van der Waals surface area contributed by atoms with Gasteiger partial charge < -0.3 is 0 Å². The van der Waals surface area contributed by atoms with E-state index in [1.54, 1.807) is 25.2 Å². The summed E-state index contributed by atoms with van der Waals surface area (Å²) in [5.41, 5.74) is 0.938. The van der Waals surface area contributed by atoms with Crippen molar-refractivity contribution in [2.75, 3.05) is 7.05 Å². The zero-order chi connectivity index (χ0) is 12.6. The van der Waals surface area contributed by atoms with Crippen LogP contribution >= 0.6 is 15.9 Å². The Hall–Kier alpha value is -0.390. The van der Waals surface area contributed by atoms with Gasteiger partial charge in [-0.3, -0.25) is 0 Å². The number of hydrogen-bond donors (Lipinski definition) is 0. The first-order valence-corrected chi connectivity index (χ1v) is 7.90. The van der Waals surface area contributed by atoms with Crippen LogP contribution in [-0.2, 0) is 10.0 Å². The Labute approximate surface area is 111 Å². The van der Waals surface area contributed by atoms with Crippen molar-refractivity contribution in [1.82, 2.24) is 4.31 Å². The first-order valence-electron chi connectivity index (χ1n) is 5.67. The molecule has 0 spiro atoms. The molecule has 0 amide bonds. The minimum absolute atomic E-state index is 0.184. The van der Waals surface area contributed by atoms with Crippen LogP contribution in [0, 0.1) is 6.92 Å². The highest BCUT2D eigenvalue weighted by atomic mass is 79.9. The third-order valence-corrected chi connectivity index (χ3v) is 6.19. The van der Waals surface area contributed by atoms with Gasteiger partial charge >= 0.3 is 0 Å². The van der Waals surface area contributed by atoms with Gasteiger partial charge in [0.25, 0.3) is 0 Å². The molecular formula is C12H16BrNO2S. The van der Waals surface area contributed by atoms with E-state index in [0.29, 0.717) is 4.90 Å². The number of benzene rings is 1. The Balaban J connectivity index is 2.33. The molecule has 2 rings (SSSR count). The average Bonchev–Trinajstić information content (AvgIpc) is 2.19. The maximum Gasteiger partial charge on any atom is 0.243 e. The Morgan fingerprint density at radius 1 is 1.35 bits per heavy atom. The van der Waals surface area contributed by atoms with Gasteiger partial charge in [0, 0.05) is 17.6 Å². The van der Waals surface area contributed by atoms with Crippen molar-refractivity contribution >= 4 is 26.0 Å². The highest BCUT2D eigenvalue weighted by Gasteiger charge is 2.31. The lowest BCUT2D eigenvalue weighted by atomic mass is 9.94. The Morgan fingerprint density at radius 2 is 2.00 bits per heavy atom. The molecule has 17 heavy (non-hydrogen) atoms. The largest absolute Gasteiger partial charge is 0.243 e. The summed E-state index contributed by atoms with van der Waals surface area (Å²) >= 11 is 3.38. The number of nitrogens with zero attached hydrogens (tertiary/aromatic N) is 1. The molecule has 0 atom stereocenters. The van der Waals surface area contributed by atoms with Crippen LogP contribution in [0.2, 0.25) is 0 Å². The van der Waals surface area contributed by atoms with Crippen LogP contribution in [0.25, 0.3) is 0 Å². The quantitative estimate of drug-likeness (QED) is 0.859. The zero-order valence-electron chi connectivity index (χ0n) is 9.98. The molecule has 0 unspecified atom stereocenters. The maximum absolute atomic E-state index is 12.3. The number of rotatable bonds is 3. The smallest absolute Gasteiger partial charge is 0.207 e. The summed E-state index contributed by atoms with van der Waals surface area (Å²) < 4.78 is 27.1. The Kier molecular flexibility index (Phi) is 3.61. The second kappa shape index (κ2) is 4.71. The second-order valence-electron chi connectivity index (χ2n) is 4.52. The van der Waals surface area contributed by atoms with Gasteiger partial charge in [0.05, 0.1) is 4.90 Å². The van der Waals surface area contributed by atoms with Crippen molar-refractivity contribution in [2.24, 2.45) is 0 Å². The fraction of sp³-hybridized carbons (Fsp3) is 0.500. The van der Waals surface area contributed by atoms with E-state index < -0.39 is 10.0 Å². The fourth-order valence-electron chi connectivity index (χ4n) is 1.89. The molecule has 3 nitrogen and oxygen atoms in total. The number of sulfonamides is 1. The molecule has 0 bridgehead atoms. The van der Waals surface area contributed by atoms with Crippen molar-refractivity contribution in [1.29, 1.82) is 0 Å². The molecule has 0 heterocycles. The van der Waals surface area contributed by atoms with Crippen molar-refractivity contribution in [3.63, 3.8) is 0 Å². The third-order valence-electron chi connectivity index (χ3n) is 3.40. The molecule has 94 valence electrons. The van der Waals surface area contributed by atoms with E-state index in [1.807, 2.05) is 6.92 Å². The molecule has 0 radical (unpaired) electrons. The van der Waals surface area contributed by atoms with Crippen LogP contribution in [0.15, 0.2) is 27.6 Å². The van der Waals surface area contributed by atoms with Crippen LogP contribution in [0.5, 0.6) is 0 Å². The number of halogens is 1. The van der Waals surface area contributed by atoms with Crippen LogP contribution < -0.4 is 0 Å². The third kappa shape index (κ3) is 2.41. The van der Waals surface area contributed by atoms with E-state index >= 15 is 0 Å². The van der Waals surface area contributed by atoms with E-state index in [4.69, 9.17) is 0 Å². The summed E-state index contributed by atoms with van der Waals surface area (Å²) in [7, 11) is -1.65. The molecule has 1 aromatic rings. The first kappa shape index (κ1) is 13.1. The van der Waals surface area contributed by atoms with Crippen molar-refractivity contribution in [3.05, 3.63) is 28.2 Å². The fourth-order valence-corrected chi connectivity index (χ4v) is 3.64. The van der Waals surface area contributed by atoms with Gasteiger partial charge in [-0.2, -0.15) is 4.31 Å². The normalized spacial score (nSPS) is 17.2. The van der Waals surface area contributed by atoms with E-state index in [9.17, 15) is 8.42 Å². The Morgan fingerprint density at radius 3 is 2.47 bits per heavy atom. The lowest BCUT2D eigenvalue weighted by Gasteiger charge is -2.33. The van der Waals surface area contributed by atoms with E-state index in [-0.39, 0.29) is 6.04 Å². The molecule has 5 heteroatoms. The molecule has 0 saturated heterocycles. The summed E-state index contributed by atoms with van der Waals surface area (Å²) in [6.07, 6.45) is 3.08. The van der Waals surface area contributed by atoms with E-state index in [2.05, 4.69) is 15.9 Å². The maximum atomic E-state index is 12.3. The van der Waals surface area contributed by atoms with Crippen LogP contribution in [0.1, 0.15) is 24.8 Å². The summed E-state index contributed by atoms with van der Waals surface area (Å²) in [5.74, 6) is 0. The standard InChI is InChI=1S/C12H16BrNO2S/c1-9-8-11(6-7-12(9)13)17(15,16)14(2)10-4-3-5-10/h6-8,10H,3-5H2,1-2H3. The van der Waals surface area contributed by atoms with Crippen molar-refractivity contribution in [2.45, 2.75) is 37.1 Å². The predicted molar refractivity (Wildman–Crippen MR) is 71.5 cm³/mol. The van der Waals surface area contributed by atoms with Crippen molar-refractivity contribution in [3.8, 4) is 0 Å². The lowest BCUT2D eigenvalue weighted by molar-refractivity contribution is 0.249. The van der Waals surface area contributed by atoms with Gasteiger partial charge in [-0.25, -0.2) is 8.42 Å². The molecule has 0 aliphatic heterocycles. The highest BCUT2D eigenvalue weighted by molar-refractivity contribution is 9.10. The molecule has 1 aromatic carbocycles. The van der Waals surface area contributed by atoms with Gasteiger partial charge in [-0.15, -0.1) is 0 Å². The molecular weight excluding hydrogens is 302 g/mol. The highest BCUT2D eigenvalue weighted by Crippen LogP contribution is 2.29. The van der Waals surface area contributed by atoms with Crippen LogP contribution in [0.4, 0.5) is 0 Å². The summed E-state index contributed by atoms with van der Waals surface area (Å²) in [4.78, 5) is 0.382. The van der Waals surface area contributed by atoms with Gasteiger partial charge in [-0.05, 0) is 43.5 Å². The SMILES string of the molecule is Cc1cc(S(=O)(=O)N(C)C2CCC2)ccc1Br. The predicted octanol–water partition coefficient (Wildman–Crippen LogP) is 2.93. The summed E-state index contributed by atoms with van der Waals surface area (Å²) in [6, 6.07) is 5.34. The van der Waals surface area contributed by atoms with Crippen LogP contribution in [-0.4, -0.2) is 25.8 Å². The van der Waals surface area contributed by atoms with E-state index in [1.165, 1.54) is 4.31 Å². The van der Waals surface area contributed by atoms with Gasteiger partial charge in [-0.1, -0.05) is 22.4 Å². The minimum atomic E-state index is -3.33. The molecule has 1 fully saturated rings. The van der Waals surface area contributed by atoms with E-state index in [0.717, 1.165) is 29.3 Å². The number of aryl methyl sites for hydroxylation is 1. The molecule has 1 saturated carbocycles. The average molecular weight is 318 g/mol. The lowest BCUT2D eigenvalue weighted by Crippen LogP contribution is -2.41. The first-order chi connectivity index (χ1) is 7.93. The summed E-state index contributed by atoms with van der Waals surface area (Å²) in [5, 5.41) is 0. The monoisotopic (exact) mass is 317 g/mol. The van der Waals surface area contributed by atoms with Crippen molar-refractivity contribution < 1.29 is 8.42 Å². The zero-order valence-corrected chi connectivity index (χ0v) is 12.4. The molecule has 1 aliphatic carbocycles. The van der Waals surface area contributed by atoms with Crippen LogP contribution in [0.3, 0.4) is 0 Å². The molecule has 0 aromatic heterocycles. The number of hydrogen-bond acceptors (Lipinski definition) is 2. The molecule has 1 aliphatic rings. The Bertz CT molecular complexity index is 523. The van der Waals surface area contributed by atoms with Gasteiger partial charge in [0.1, 0.15) is 0 Å². The minimum Gasteiger partial charge on any atom is -0.207 e. The summed E-state index contributed by atoms with van der Waals surface area (Å²) in [6.45, 7) is 1.90. The van der Waals surface area contributed by atoms with Gasteiger partial charge in [0.15, 0.2) is 0 Å². The van der Waals surface area contributed by atoms with Gasteiger partial charge in [0.2, 0.25) is 10.0 Å². The topological polar surface area (TPSA) is 37.4 Å². The molecule has 0 N–H and O–H groups in total.